The van der Waals surface area contributed by atoms with Gasteiger partial charge in [0.15, 0.2) is 11.0 Å². The van der Waals surface area contributed by atoms with Crippen LogP contribution in [0.15, 0.2) is 36.4 Å². The number of halogens is 1. The first kappa shape index (κ1) is 19.4. The zero-order valence-electron chi connectivity index (χ0n) is 14.5. The Morgan fingerprint density at radius 1 is 1.33 bits per heavy atom. The smallest absolute Gasteiger partial charge is 0.254 e. The van der Waals surface area contributed by atoms with Crippen LogP contribution in [0.4, 0.5) is 0 Å². The van der Waals surface area contributed by atoms with Crippen molar-refractivity contribution < 1.29 is 38.4 Å². The predicted molar refractivity (Wildman–Crippen MR) is 91.2 cm³/mol. The fourth-order valence-corrected chi connectivity index (χ4v) is 3.38. The summed E-state index contributed by atoms with van der Waals surface area (Å²) in [5.41, 5.74) is 2.34. The second-order valence-corrected chi connectivity index (χ2v) is 6.55. The molecule has 0 saturated heterocycles. The topological polar surface area (TPSA) is 38.3 Å². The van der Waals surface area contributed by atoms with Crippen LogP contribution in [0.2, 0.25) is 0 Å². The lowest BCUT2D eigenvalue weighted by atomic mass is 9.95. The lowest BCUT2D eigenvalue weighted by molar-refractivity contribution is -0.652. The van der Waals surface area contributed by atoms with Gasteiger partial charge in [-0.05, 0) is 37.3 Å². The molecule has 2 atom stereocenters. The van der Waals surface area contributed by atoms with E-state index in [2.05, 4.69) is 47.4 Å². The molecule has 2 aromatic rings. The molecular formula is C19H27IN2O2. The summed E-state index contributed by atoms with van der Waals surface area (Å²) in [6.07, 6.45) is 7.45. The zero-order valence-corrected chi connectivity index (χ0v) is 16.6. The number of hydrogen-bond acceptors (Lipinski definition) is 2. The van der Waals surface area contributed by atoms with Crippen molar-refractivity contribution in [1.82, 2.24) is 4.57 Å². The van der Waals surface area contributed by atoms with Gasteiger partial charge in [-0.2, -0.15) is 0 Å². The molecule has 5 heteroatoms. The van der Waals surface area contributed by atoms with Crippen LogP contribution in [-0.4, -0.2) is 29.0 Å². The summed E-state index contributed by atoms with van der Waals surface area (Å²) >= 11 is 0. The van der Waals surface area contributed by atoms with Crippen LogP contribution in [0.25, 0.3) is 11.0 Å². The Morgan fingerprint density at radius 3 is 2.88 bits per heavy atom. The van der Waals surface area contributed by atoms with Gasteiger partial charge in [0.25, 0.3) is 5.82 Å². The highest BCUT2D eigenvalue weighted by atomic mass is 127. The number of hydrogen-bond donors (Lipinski definition) is 1. The van der Waals surface area contributed by atoms with Crippen LogP contribution < -0.4 is 28.5 Å². The molecule has 0 spiro atoms. The number of rotatable bonds is 6. The fraction of sp³-hybridized carbons (Fsp3) is 0.526. The Morgan fingerprint density at radius 2 is 2.12 bits per heavy atom. The third kappa shape index (κ3) is 4.37. The van der Waals surface area contributed by atoms with Crippen LogP contribution >= 0.6 is 0 Å². The summed E-state index contributed by atoms with van der Waals surface area (Å²) < 4.78 is 10.1. The molecule has 0 saturated carbocycles. The Bertz CT molecular complexity index is 696. The molecule has 1 N–H and O–H groups in total. The molecule has 0 fully saturated rings. The average molecular weight is 442 g/mol. The van der Waals surface area contributed by atoms with Gasteiger partial charge in [-0.3, -0.25) is 0 Å². The van der Waals surface area contributed by atoms with E-state index in [4.69, 9.17) is 4.74 Å². The van der Waals surface area contributed by atoms with E-state index in [-0.39, 0.29) is 24.0 Å². The van der Waals surface area contributed by atoms with Crippen molar-refractivity contribution in [1.29, 1.82) is 0 Å². The second-order valence-electron chi connectivity index (χ2n) is 6.55. The maximum Gasteiger partial charge on any atom is 0.254 e. The van der Waals surface area contributed by atoms with E-state index in [0.29, 0.717) is 19.1 Å². The molecule has 0 aliphatic heterocycles. The number of ether oxygens (including phenoxy) is 1. The number of fused-ring (bicyclic) bond motifs is 1. The van der Waals surface area contributed by atoms with E-state index < -0.39 is 6.10 Å². The molecule has 0 radical (unpaired) electrons. The summed E-state index contributed by atoms with van der Waals surface area (Å²) in [6, 6.07) is 8.30. The van der Waals surface area contributed by atoms with E-state index in [1.807, 2.05) is 12.1 Å². The molecule has 1 aromatic carbocycles. The Balaban J connectivity index is 0.00000208. The van der Waals surface area contributed by atoms with Crippen molar-refractivity contribution >= 4 is 11.0 Å². The SMILES string of the molecule is Cc1n(CC(O)COCC2CC=CCC2)c2ccccc2[n+]1C.[I-]. The molecule has 1 aromatic heterocycles. The van der Waals surface area contributed by atoms with Gasteiger partial charge in [0, 0.05) is 13.5 Å². The van der Waals surface area contributed by atoms with Crippen molar-refractivity contribution in [2.24, 2.45) is 13.0 Å². The van der Waals surface area contributed by atoms with Gasteiger partial charge in [0.2, 0.25) is 0 Å². The molecule has 0 amide bonds. The Kier molecular flexibility index (Phi) is 7.25. The van der Waals surface area contributed by atoms with E-state index in [1.165, 1.54) is 11.9 Å². The quantitative estimate of drug-likeness (QED) is 0.373. The number of aryl methyl sites for hydroxylation is 1. The van der Waals surface area contributed by atoms with E-state index in [0.717, 1.165) is 30.8 Å². The largest absolute Gasteiger partial charge is 1.00 e. The van der Waals surface area contributed by atoms with Crippen LogP contribution in [0.1, 0.15) is 25.1 Å². The highest BCUT2D eigenvalue weighted by Gasteiger charge is 2.21. The van der Waals surface area contributed by atoms with Gasteiger partial charge in [-0.25, -0.2) is 9.13 Å². The summed E-state index contributed by atoms with van der Waals surface area (Å²) in [4.78, 5) is 0. The van der Waals surface area contributed by atoms with Crippen molar-refractivity contribution in [2.75, 3.05) is 13.2 Å². The summed E-state index contributed by atoms with van der Waals surface area (Å²) in [6.45, 7) is 3.80. The fourth-order valence-electron chi connectivity index (χ4n) is 3.38. The van der Waals surface area contributed by atoms with Crippen molar-refractivity contribution in [2.45, 2.75) is 38.8 Å². The summed E-state index contributed by atoms with van der Waals surface area (Å²) in [5.74, 6) is 1.75. The normalized spacial score (nSPS) is 18.5. The number of aliphatic hydroxyl groups excluding tert-OH is 1. The molecule has 1 heterocycles. The van der Waals surface area contributed by atoms with Crippen molar-refractivity contribution in [3.63, 3.8) is 0 Å². The van der Waals surface area contributed by atoms with Crippen molar-refractivity contribution in [3.05, 3.63) is 42.2 Å². The van der Waals surface area contributed by atoms with E-state index >= 15 is 0 Å². The molecule has 24 heavy (non-hydrogen) atoms. The first-order valence-corrected chi connectivity index (χ1v) is 8.51. The maximum absolute atomic E-state index is 10.4. The van der Waals surface area contributed by atoms with Gasteiger partial charge in [0.05, 0.1) is 13.7 Å². The minimum Gasteiger partial charge on any atom is -1.00 e. The minimum absolute atomic E-state index is 0. The number of aromatic nitrogens is 2. The molecule has 0 bridgehead atoms. The molecule has 132 valence electrons. The standard InChI is InChI=1S/C19H27N2O2.HI/c1-15-20(2)18-10-6-7-11-19(18)21(15)12-17(22)14-23-13-16-8-4-3-5-9-16;/h3-4,6-7,10-11,16-17,22H,5,8-9,12-14H2,1-2H3;1H/q+1;/p-1. The third-order valence-electron chi connectivity index (χ3n) is 4.84. The average Bonchev–Trinajstić information content (AvgIpc) is 2.81. The number of benzene rings is 1. The van der Waals surface area contributed by atoms with Gasteiger partial charge >= 0.3 is 0 Å². The van der Waals surface area contributed by atoms with E-state index in [1.54, 1.807) is 0 Å². The van der Waals surface area contributed by atoms with Crippen molar-refractivity contribution in [3.8, 4) is 0 Å². The first-order chi connectivity index (χ1) is 11.2. The Labute approximate surface area is 161 Å². The summed E-state index contributed by atoms with van der Waals surface area (Å²) in [7, 11) is 2.06. The molecule has 2 unspecified atom stereocenters. The van der Waals surface area contributed by atoms with Crippen LogP contribution in [0.3, 0.4) is 0 Å². The van der Waals surface area contributed by atoms with E-state index in [9.17, 15) is 5.11 Å². The number of para-hydroxylation sites is 2. The molecule has 1 aliphatic rings. The van der Waals surface area contributed by atoms with Gasteiger partial charge in [0.1, 0.15) is 12.6 Å². The maximum atomic E-state index is 10.4. The second kappa shape index (κ2) is 8.97. The lowest BCUT2D eigenvalue weighted by Gasteiger charge is -2.18. The van der Waals surface area contributed by atoms with Crippen LogP contribution in [-0.2, 0) is 18.3 Å². The van der Waals surface area contributed by atoms with Crippen LogP contribution in [0.5, 0.6) is 0 Å². The molecule has 1 aliphatic carbocycles. The number of nitrogens with zero attached hydrogens (tertiary/aromatic N) is 2. The zero-order chi connectivity index (χ0) is 16.2. The molecule has 4 nitrogen and oxygen atoms in total. The lowest BCUT2D eigenvalue weighted by Crippen LogP contribution is -3.00. The molecular weight excluding hydrogens is 415 g/mol. The van der Waals surface area contributed by atoms with Gasteiger partial charge in [-0.15, -0.1) is 0 Å². The Hall–Kier alpha value is -0.920. The highest BCUT2D eigenvalue weighted by Crippen LogP contribution is 2.18. The van der Waals surface area contributed by atoms with Gasteiger partial charge in [-0.1, -0.05) is 24.3 Å². The first-order valence-electron chi connectivity index (χ1n) is 8.51. The molecule has 3 rings (SSSR count). The summed E-state index contributed by atoms with van der Waals surface area (Å²) in [5, 5.41) is 10.4. The number of allylic oxidation sites excluding steroid dienone is 2. The monoisotopic (exact) mass is 442 g/mol. The minimum atomic E-state index is -0.483. The number of imidazole rings is 1. The number of aliphatic hydroxyl groups is 1. The third-order valence-corrected chi connectivity index (χ3v) is 4.84. The van der Waals surface area contributed by atoms with Gasteiger partial charge < -0.3 is 33.8 Å². The predicted octanol–water partition coefficient (Wildman–Crippen LogP) is -0.488. The highest BCUT2D eigenvalue weighted by molar-refractivity contribution is 5.72. The van der Waals surface area contributed by atoms with Crippen LogP contribution in [0, 0.1) is 12.8 Å².